The molecular weight excluding hydrogens is 204 g/mol. The molecule has 1 aliphatic heterocycles. The van der Waals surface area contributed by atoms with Crippen LogP contribution in [-0.4, -0.2) is 25.3 Å². The van der Waals surface area contributed by atoms with E-state index in [1.807, 2.05) is 0 Å². The van der Waals surface area contributed by atoms with Gasteiger partial charge in [0.05, 0.1) is 13.2 Å². The SMILES string of the molecule is CCCCCCC1COCCC1OC(C)=O. The zero-order valence-corrected chi connectivity index (χ0v) is 10.5. The molecule has 1 aliphatic rings. The molecule has 1 fully saturated rings. The van der Waals surface area contributed by atoms with Gasteiger partial charge in [0.1, 0.15) is 6.10 Å². The highest BCUT2D eigenvalue weighted by atomic mass is 16.6. The van der Waals surface area contributed by atoms with Crippen LogP contribution in [-0.2, 0) is 14.3 Å². The molecule has 0 aromatic heterocycles. The van der Waals surface area contributed by atoms with Crippen molar-refractivity contribution in [1.82, 2.24) is 0 Å². The fraction of sp³-hybridized carbons (Fsp3) is 0.923. The van der Waals surface area contributed by atoms with E-state index in [4.69, 9.17) is 9.47 Å². The van der Waals surface area contributed by atoms with Crippen molar-refractivity contribution in [2.75, 3.05) is 13.2 Å². The van der Waals surface area contributed by atoms with Crippen LogP contribution in [0.15, 0.2) is 0 Å². The second-order valence-electron chi connectivity index (χ2n) is 4.62. The molecule has 0 saturated carbocycles. The highest BCUT2D eigenvalue weighted by Gasteiger charge is 2.27. The second kappa shape index (κ2) is 7.66. The summed E-state index contributed by atoms with van der Waals surface area (Å²) in [6.07, 6.45) is 7.13. The summed E-state index contributed by atoms with van der Waals surface area (Å²) in [5.74, 6) is 0.250. The van der Waals surface area contributed by atoms with E-state index < -0.39 is 0 Å². The van der Waals surface area contributed by atoms with E-state index in [1.54, 1.807) is 0 Å². The first kappa shape index (κ1) is 13.5. The molecule has 0 amide bonds. The lowest BCUT2D eigenvalue weighted by Crippen LogP contribution is -2.35. The average Bonchev–Trinajstić information content (AvgIpc) is 2.26. The Labute approximate surface area is 98.5 Å². The quantitative estimate of drug-likeness (QED) is 0.518. The van der Waals surface area contributed by atoms with Crippen molar-refractivity contribution in [3.05, 3.63) is 0 Å². The molecule has 1 rings (SSSR count). The molecule has 0 bridgehead atoms. The van der Waals surface area contributed by atoms with Crippen molar-refractivity contribution < 1.29 is 14.3 Å². The summed E-state index contributed by atoms with van der Waals surface area (Å²) < 4.78 is 10.8. The molecule has 2 unspecified atom stereocenters. The summed E-state index contributed by atoms with van der Waals surface area (Å²) in [4.78, 5) is 11.0. The molecule has 1 heterocycles. The van der Waals surface area contributed by atoms with Crippen LogP contribution in [0.5, 0.6) is 0 Å². The minimum atomic E-state index is -0.162. The summed E-state index contributed by atoms with van der Waals surface area (Å²) >= 11 is 0. The first-order chi connectivity index (χ1) is 7.74. The number of hydrogen-bond donors (Lipinski definition) is 0. The van der Waals surface area contributed by atoms with Gasteiger partial charge >= 0.3 is 5.97 Å². The molecule has 16 heavy (non-hydrogen) atoms. The Balaban J connectivity index is 2.26. The topological polar surface area (TPSA) is 35.5 Å². The largest absolute Gasteiger partial charge is 0.462 e. The normalized spacial score (nSPS) is 25.4. The van der Waals surface area contributed by atoms with Gasteiger partial charge in [-0.05, 0) is 6.42 Å². The number of ether oxygens (including phenoxy) is 2. The molecule has 0 radical (unpaired) electrons. The predicted molar refractivity (Wildman–Crippen MR) is 63.2 cm³/mol. The number of esters is 1. The molecule has 0 aliphatic carbocycles. The van der Waals surface area contributed by atoms with Crippen LogP contribution in [0, 0.1) is 5.92 Å². The van der Waals surface area contributed by atoms with Crippen LogP contribution in [0.3, 0.4) is 0 Å². The van der Waals surface area contributed by atoms with Crippen molar-refractivity contribution in [1.29, 1.82) is 0 Å². The van der Waals surface area contributed by atoms with Crippen molar-refractivity contribution >= 4 is 5.97 Å². The van der Waals surface area contributed by atoms with E-state index in [1.165, 1.54) is 32.6 Å². The summed E-state index contributed by atoms with van der Waals surface area (Å²) in [5.41, 5.74) is 0. The summed E-state index contributed by atoms with van der Waals surface area (Å²) in [5, 5.41) is 0. The fourth-order valence-electron chi connectivity index (χ4n) is 2.25. The predicted octanol–water partition coefficient (Wildman–Crippen LogP) is 2.93. The zero-order valence-electron chi connectivity index (χ0n) is 10.5. The van der Waals surface area contributed by atoms with Gasteiger partial charge in [0, 0.05) is 19.3 Å². The van der Waals surface area contributed by atoms with E-state index in [2.05, 4.69) is 6.92 Å². The minimum absolute atomic E-state index is 0.0906. The van der Waals surface area contributed by atoms with Crippen molar-refractivity contribution in [2.45, 2.75) is 58.5 Å². The maximum absolute atomic E-state index is 11.0. The van der Waals surface area contributed by atoms with Gasteiger partial charge in [0.25, 0.3) is 0 Å². The number of rotatable bonds is 6. The van der Waals surface area contributed by atoms with Crippen molar-refractivity contribution in [3.8, 4) is 0 Å². The third-order valence-corrected chi connectivity index (χ3v) is 3.15. The molecule has 1 saturated heterocycles. The first-order valence-corrected chi connectivity index (χ1v) is 6.49. The zero-order chi connectivity index (χ0) is 11.8. The van der Waals surface area contributed by atoms with Crippen LogP contribution >= 0.6 is 0 Å². The maximum atomic E-state index is 11.0. The smallest absolute Gasteiger partial charge is 0.302 e. The van der Waals surface area contributed by atoms with E-state index in [9.17, 15) is 4.79 Å². The van der Waals surface area contributed by atoms with E-state index in [-0.39, 0.29) is 12.1 Å². The lowest BCUT2D eigenvalue weighted by Gasteiger charge is -2.30. The highest BCUT2D eigenvalue weighted by Crippen LogP contribution is 2.23. The number of unbranched alkanes of at least 4 members (excludes halogenated alkanes) is 3. The Bertz CT molecular complexity index is 203. The summed E-state index contributed by atoms with van der Waals surface area (Å²) in [6.45, 7) is 5.18. The Morgan fingerprint density at radius 3 is 2.88 bits per heavy atom. The lowest BCUT2D eigenvalue weighted by atomic mass is 9.92. The van der Waals surface area contributed by atoms with Crippen LogP contribution in [0.4, 0.5) is 0 Å². The van der Waals surface area contributed by atoms with Crippen LogP contribution in [0.25, 0.3) is 0 Å². The van der Waals surface area contributed by atoms with E-state index in [0.29, 0.717) is 5.92 Å². The summed E-state index contributed by atoms with van der Waals surface area (Å²) in [7, 11) is 0. The Kier molecular flexibility index (Phi) is 6.46. The third-order valence-electron chi connectivity index (χ3n) is 3.15. The average molecular weight is 228 g/mol. The van der Waals surface area contributed by atoms with Crippen LogP contribution in [0.2, 0.25) is 0 Å². The van der Waals surface area contributed by atoms with Crippen LogP contribution < -0.4 is 0 Å². The summed E-state index contributed by atoms with van der Waals surface area (Å²) in [6, 6.07) is 0. The molecule has 0 aromatic rings. The second-order valence-corrected chi connectivity index (χ2v) is 4.62. The van der Waals surface area contributed by atoms with Gasteiger partial charge in [-0.3, -0.25) is 4.79 Å². The van der Waals surface area contributed by atoms with Gasteiger partial charge < -0.3 is 9.47 Å². The molecular formula is C13H24O3. The molecule has 0 spiro atoms. The van der Waals surface area contributed by atoms with E-state index in [0.717, 1.165) is 26.1 Å². The van der Waals surface area contributed by atoms with Crippen molar-refractivity contribution in [2.24, 2.45) is 5.92 Å². The van der Waals surface area contributed by atoms with E-state index >= 15 is 0 Å². The van der Waals surface area contributed by atoms with Gasteiger partial charge in [-0.2, -0.15) is 0 Å². The third kappa shape index (κ3) is 4.97. The van der Waals surface area contributed by atoms with Gasteiger partial charge in [-0.1, -0.05) is 32.6 Å². The van der Waals surface area contributed by atoms with Gasteiger partial charge in [0.2, 0.25) is 0 Å². The van der Waals surface area contributed by atoms with Crippen LogP contribution in [0.1, 0.15) is 52.4 Å². The first-order valence-electron chi connectivity index (χ1n) is 6.49. The van der Waals surface area contributed by atoms with Gasteiger partial charge in [-0.15, -0.1) is 0 Å². The van der Waals surface area contributed by atoms with Crippen molar-refractivity contribution in [3.63, 3.8) is 0 Å². The Morgan fingerprint density at radius 2 is 2.19 bits per heavy atom. The maximum Gasteiger partial charge on any atom is 0.302 e. The highest BCUT2D eigenvalue weighted by molar-refractivity contribution is 5.66. The molecule has 3 nitrogen and oxygen atoms in total. The molecule has 0 aromatic carbocycles. The molecule has 94 valence electrons. The fourth-order valence-corrected chi connectivity index (χ4v) is 2.25. The molecule has 0 N–H and O–H groups in total. The molecule has 3 heteroatoms. The lowest BCUT2D eigenvalue weighted by molar-refractivity contribution is -0.156. The Hall–Kier alpha value is -0.570. The minimum Gasteiger partial charge on any atom is -0.462 e. The molecule has 2 atom stereocenters. The van der Waals surface area contributed by atoms with Gasteiger partial charge in [0.15, 0.2) is 0 Å². The number of carbonyl (C=O) groups excluding carboxylic acids is 1. The van der Waals surface area contributed by atoms with Gasteiger partial charge in [-0.25, -0.2) is 0 Å². The number of hydrogen-bond acceptors (Lipinski definition) is 3. The monoisotopic (exact) mass is 228 g/mol. The number of carbonyl (C=O) groups is 1. The Morgan fingerprint density at radius 1 is 1.38 bits per heavy atom. The standard InChI is InChI=1S/C13H24O3/c1-3-4-5-6-7-12-10-15-9-8-13(12)16-11(2)14/h12-13H,3-10H2,1-2H3.